The van der Waals surface area contributed by atoms with Crippen molar-refractivity contribution >= 4 is 17.8 Å². The van der Waals surface area contributed by atoms with Crippen LogP contribution >= 0.6 is 0 Å². The number of carbonyl (C=O) groups is 2. The highest BCUT2D eigenvalue weighted by Gasteiger charge is 2.34. The molecule has 1 aliphatic heterocycles. The number of allylic oxidation sites excluding steroid dienone is 3. The Morgan fingerprint density at radius 3 is 2.55 bits per heavy atom. The fourth-order valence-corrected chi connectivity index (χ4v) is 3.04. The van der Waals surface area contributed by atoms with E-state index in [1.807, 2.05) is 26.8 Å². The summed E-state index contributed by atoms with van der Waals surface area (Å²) in [6.45, 7) is 5.73. The molecule has 6 heteroatoms. The number of rotatable bonds is 10. The molecule has 1 aliphatic rings. The van der Waals surface area contributed by atoms with E-state index in [9.17, 15) is 19.8 Å². The van der Waals surface area contributed by atoms with E-state index >= 15 is 0 Å². The molecule has 0 amide bonds. The van der Waals surface area contributed by atoms with Gasteiger partial charge in [-0.2, -0.15) is 0 Å². The minimum atomic E-state index is -1.21. The number of epoxide rings is 1. The van der Waals surface area contributed by atoms with Gasteiger partial charge >= 0.3 is 5.97 Å². The normalized spacial score (nSPS) is 21.4. The van der Waals surface area contributed by atoms with Crippen LogP contribution in [0.25, 0.3) is 6.08 Å². The van der Waals surface area contributed by atoms with Gasteiger partial charge in [0, 0.05) is 7.11 Å². The van der Waals surface area contributed by atoms with Gasteiger partial charge in [-0.1, -0.05) is 43.4 Å². The van der Waals surface area contributed by atoms with E-state index in [0.717, 1.165) is 0 Å². The monoisotopic (exact) mass is 400 g/mol. The summed E-state index contributed by atoms with van der Waals surface area (Å²) in [5, 5.41) is 19.0. The number of phenols is 1. The number of ketones is 1. The number of carbonyl (C=O) groups excluding carboxylic acids is 1. The van der Waals surface area contributed by atoms with E-state index in [0.29, 0.717) is 17.6 Å². The van der Waals surface area contributed by atoms with Crippen molar-refractivity contribution in [1.29, 1.82) is 0 Å². The summed E-state index contributed by atoms with van der Waals surface area (Å²) in [6, 6.07) is 4.50. The Labute approximate surface area is 171 Å². The van der Waals surface area contributed by atoms with Crippen LogP contribution in [-0.2, 0) is 14.3 Å². The predicted molar refractivity (Wildman–Crippen MR) is 111 cm³/mol. The predicted octanol–water partition coefficient (Wildman–Crippen LogP) is 4.00. The fraction of sp³-hybridized carbons (Fsp3) is 0.391. The molecule has 1 fully saturated rings. The van der Waals surface area contributed by atoms with Crippen molar-refractivity contribution in [2.75, 3.05) is 7.11 Å². The number of carboxylic acid groups (broad SMARTS) is 1. The van der Waals surface area contributed by atoms with Crippen LogP contribution in [0.3, 0.4) is 0 Å². The Morgan fingerprint density at radius 1 is 1.31 bits per heavy atom. The van der Waals surface area contributed by atoms with E-state index in [4.69, 9.17) is 9.47 Å². The SMILES string of the molecule is CCC(=C[C@H]1O[C@@H]1C)C(=O)[C@H](C=CC=Cc1cccc(O)c1C(=O)O)[C@H](C)OC. The lowest BCUT2D eigenvalue weighted by Crippen LogP contribution is -2.27. The smallest absolute Gasteiger partial charge is 0.340 e. The summed E-state index contributed by atoms with van der Waals surface area (Å²) >= 11 is 0. The second-order valence-electron chi connectivity index (χ2n) is 6.97. The Hall–Kier alpha value is -2.70. The Morgan fingerprint density at radius 2 is 2.00 bits per heavy atom. The van der Waals surface area contributed by atoms with E-state index < -0.39 is 11.9 Å². The summed E-state index contributed by atoms with van der Waals surface area (Å²) in [5.41, 5.74) is 0.923. The molecule has 6 nitrogen and oxygen atoms in total. The van der Waals surface area contributed by atoms with E-state index in [1.165, 1.54) is 6.07 Å². The molecule has 1 aromatic carbocycles. The average molecular weight is 400 g/mol. The quantitative estimate of drug-likeness (QED) is 0.350. The number of hydrogen-bond donors (Lipinski definition) is 2. The van der Waals surface area contributed by atoms with Gasteiger partial charge < -0.3 is 19.7 Å². The molecule has 0 radical (unpaired) electrons. The van der Waals surface area contributed by atoms with Gasteiger partial charge in [0.25, 0.3) is 0 Å². The first-order valence-electron chi connectivity index (χ1n) is 9.63. The molecular weight excluding hydrogens is 372 g/mol. The topological polar surface area (TPSA) is 96.4 Å². The van der Waals surface area contributed by atoms with Crippen molar-refractivity contribution in [2.45, 2.75) is 45.5 Å². The Bertz CT molecular complexity index is 836. The number of ether oxygens (including phenoxy) is 2. The van der Waals surface area contributed by atoms with Crippen LogP contribution in [0.15, 0.2) is 48.1 Å². The number of methoxy groups -OCH3 is 1. The standard InChI is InChI=1S/C23H28O6/c1-5-16(13-20-15(3)29-20)22(25)18(14(2)28-4)11-7-6-9-17-10-8-12-19(24)21(17)23(26)27/h6-15,18,20,24H,5H2,1-4H3,(H,26,27)/t14-,15+,18+,20+/m0/s1. The largest absolute Gasteiger partial charge is 0.507 e. The molecule has 0 spiro atoms. The molecule has 156 valence electrons. The molecule has 2 rings (SSSR count). The van der Waals surface area contributed by atoms with Gasteiger partial charge in [-0.05, 0) is 43.5 Å². The number of aromatic carboxylic acids is 1. The van der Waals surface area contributed by atoms with Crippen molar-refractivity contribution < 1.29 is 29.3 Å². The van der Waals surface area contributed by atoms with E-state index in [-0.39, 0.29) is 35.4 Å². The Balaban J connectivity index is 2.20. The number of carboxylic acids is 1. The minimum absolute atomic E-state index is 0.00326. The Kier molecular flexibility index (Phi) is 7.93. The van der Waals surface area contributed by atoms with Gasteiger partial charge in [0.05, 0.1) is 18.1 Å². The molecule has 0 aliphatic carbocycles. The van der Waals surface area contributed by atoms with Crippen LogP contribution in [0, 0.1) is 5.92 Å². The third-order valence-electron chi connectivity index (χ3n) is 4.99. The lowest BCUT2D eigenvalue weighted by molar-refractivity contribution is -0.121. The third kappa shape index (κ3) is 5.89. The fourth-order valence-electron chi connectivity index (χ4n) is 3.04. The molecule has 0 saturated carbocycles. The molecule has 0 aromatic heterocycles. The maximum atomic E-state index is 13.0. The van der Waals surface area contributed by atoms with Gasteiger partial charge in [0.1, 0.15) is 17.4 Å². The summed E-state index contributed by atoms with van der Waals surface area (Å²) in [4.78, 5) is 24.3. The molecular formula is C23H28O6. The zero-order chi connectivity index (χ0) is 21.6. The van der Waals surface area contributed by atoms with Crippen LogP contribution in [0.4, 0.5) is 0 Å². The molecule has 1 saturated heterocycles. The number of aromatic hydroxyl groups is 1. The second-order valence-corrected chi connectivity index (χ2v) is 6.97. The number of Topliss-reactive ketones (excluding diaryl/α,β-unsaturated/α-hetero) is 1. The van der Waals surface area contributed by atoms with Crippen molar-refractivity contribution in [3.8, 4) is 5.75 Å². The van der Waals surface area contributed by atoms with Crippen molar-refractivity contribution in [3.05, 3.63) is 59.2 Å². The third-order valence-corrected chi connectivity index (χ3v) is 4.99. The van der Waals surface area contributed by atoms with Crippen LogP contribution in [-0.4, -0.2) is 47.4 Å². The maximum Gasteiger partial charge on any atom is 0.340 e. The lowest BCUT2D eigenvalue weighted by atomic mass is 9.90. The van der Waals surface area contributed by atoms with E-state index in [1.54, 1.807) is 43.5 Å². The van der Waals surface area contributed by atoms with Gasteiger partial charge in [0.15, 0.2) is 5.78 Å². The highest BCUT2D eigenvalue weighted by atomic mass is 16.6. The van der Waals surface area contributed by atoms with Crippen molar-refractivity contribution in [3.63, 3.8) is 0 Å². The zero-order valence-electron chi connectivity index (χ0n) is 17.2. The van der Waals surface area contributed by atoms with Gasteiger partial charge in [-0.3, -0.25) is 4.79 Å². The summed E-state index contributed by atoms with van der Waals surface area (Å²) < 4.78 is 10.8. The van der Waals surface area contributed by atoms with E-state index in [2.05, 4.69) is 0 Å². The summed E-state index contributed by atoms with van der Waals surface area (Å²) in [5.74, 6) is -1.99. The van der Waals surface area contributed by atoms with Gasteiger partial charge in [-0.25, -0.2) is 4.79 Å². The molecule has 1 heterocycles. The van der Waals surface area contributed by atoms with Crippen LogP contribution < -0.4 is 0 Å². The molecule has 0 bridgehead atoms. The highest BCUT2D eigenvalue weighted by molar-refractivity contribution is 5.99. The van der Waals surface area contributed by atoms with Crippen LogP contribution in [0.5, 0.6) is 5.75 Å². The molecule has 4 atom stereocenters. The number of hydrogen-bond acceptors (Lipinski definition) is 5. The second kappa shape index (κ2) is 10.2. The molecule has 1 aromatic rings. The molecule has 29 heavy (non-hydrogen) atoms. The van der Waals surface area contributed by atoms with Crippen LogP contribution in [0.2, 0.25) is 0 Å². The van der Waals surface area contributed by atoms with Crippen LogP contribution in [0.1, 0.15) is 43.1 Å². The maximum absolute atomic E-state index is 13.0. The first-order valence-corrected chi connectivity index (χ1v) is 9.63. The van der Waals surface area contributed by atoms with Crippen molar-refractivity contribution in [2.24, 2.45) is 5.92 Å². The first-order chi connectivity index (χ1) is 13.8. The highest BCUT2D eigenvalue weighted by Crippen LogP contribution is 2.27. The minimum Gasteiger partial charge on any atom is -0.507 e. The summed E-state index contributed by atoms with van der Waals surface area (Å²) in [7, 11) is 1.56. The summed E-state index contributed by atoms with van der Waals surface area (Å²) in [6.07, 6.45) is 8.97. The molecule has 0 unspecified atom stereocenters. The van der Waals surface area contributed by atoms with Crippen molar-refractivity contribution in [1.82, 2.24) is 0 Å². The lowest BCUT2D eigenvalue weighted by Gasteiger charge is -2.19. The number of benzene rings is 1. The average Bonchev–Trinajstić information content (AvgIpc) is 3.39. The molecule has 2 N–H and O–H groups in total. The first kappa shape index (κ1) is 22.6. The van der Waals surface area contributed by atoms with Gasteiger partial charge in [0.2, 0.25) is 0 Å². The van der Waals surface area contributed by atoms with Gasteiger partial charge in [-0.15, -0.1) is 0 Å². The zero-order valence-corrected chi connectivity index (χ0v) is 17.2.